The number of nitrogens with zero attached hydrogens (tertiary/aromatic N) is 2. The zero-order chi connectivity index (χ0) is 18.7. The normalized spacial score (nSPS) is 11.4. The second-order valence-corrected chi connectivity index (χ2v) is 5.84. The molecule has 3 rings (SSSR count). The minimum Gasteiger partial charge on any atom is -0.343 e. The predicted molar refractivity (Wildman–Crippen MR) is 92.1 cm³/mol. The Morgan fingerprint density at radius 3 is 2.35 bits per heavy atom. The maximum atomic E-state index is 12.4. The smallest absolute Gasteiger partial charge is 0.343 e. The van der Waals surface area contributed by atoms with Crippen molar-refractivity contribution in [2.75, 3.05) is 6.54 Å². The number of nitrogens with one attached hydrogen (secondary N) is 1. The van der Waals surface area contributed by atoms with Gasteiger partial charge in [-0.1, -0.05) is 48.0 Å². The average molecular weight is 359 g/mol. The van der Waals surface area contributed by atoms with E-state index in [1.807, 2.05) is 42.6 Å². The van der Waals surface area contributed by atoms with E-state index in [1.54, 1.807) is 24.3 Å². The van der Waals surface area contributed by atoms with Crippen LogP contribution in [0, 0.1) is 6.92 Å². The number of carbonyl (C=O) groups is 1. The molecule has 0 aliphatic rings. The number of benzene rings is 2. The molecule has 26 heavy (non-hydrogen) atoms. The van der Waals surface area contributed by atoms with E-state index in [2.05, 4.69) is 5.10 Å². The quantitative estimate of drug-likeness (QED) is 0.761. The fraction of sp³-hybridized carbons (Fsp3) is 0.158. The third kappa shape index (κ3) is 4.11. The number of rotatable bonds is 4. The van der Waals surface area contributed by atoms with Gasteiger partial charge in [0.2, 0.25) is 0 Å². The highest BCUT2D eigenvalue weighted by Crippen LogP contribution is 2.24. The molecule has 3 aromatic rings. The molecule has 0 fully saturated rings. The highest BCUT2D eigenvalue weighted by atomic mass is 19.4. The van der Waals surface area contributed by atoms with Gasteiger partial charge < -0.3 is 5.32 Å². The number of hydrogen-bond acceptors (Lipinski definition) is 2. The lowest BCUT2D eigenvalue weighted by molar-refractivity contribution is -0.123. The van der Waals surface area contributed by atoms with Crippen LogP contribution < -0.4 is 5.32 Å². The minimum atomic E-state index is -4.48. The molecule has 1 aromatic heterocycles. The Balaban J connectivity index is 2.01. The molecule has 7 heteroatoms. The summed E-state index contributed by atoms with van der Waals surface area (Å²) in [6, 6.07) is 16.3. The second kappa shape index (κ2) is 7.03. The molecule has 0 saturated heterocycles. The lowest BCUT2D eigenvalue weighted by atomic mass is 10.1. The SMILES string of the molecule is Cc1ccc(-n2cc(C(=O)NCC(F)(F)F)c(-c3ccccc3)n2)cc1. The van der Waals surface area contributed by atoms with Gasteiger partial charge in [-0.3, -0.25) is 4.79 Å². The molecule has 134 valence electrons. The van der Waals surface area contributed by atoms with Crippen molar-refractivity contribution in [1.82, 2.24) is 15.1 Å². The number of aromatic nitrogens is 2. The minimum absolute atomic E-state index is 0.0843. The van der Waals surface area contributed by atoms with Crippen molar-refractivity contribution in [2.45, 2.75) is 13.1 Å². The van der Waals surface area contributed by atoms with Crippen molar-refractivity contribution in [3.63, 3.8) is 0 Å². The monoisotopic (exact) mass is 359 g/mol. The van der Waals surface area contributed by atoms with E-state index in [-0.39, 0.29) is 5.56 Å². The summed E-state index contributed by atoms with van der Waals surface area (Å²) in [5.41, 5.74) is 2.83. The van der Waals surface area contributed by atoms with Crippen LogP contribution in [0.3, 0.4) is 0 Å². The first kappa shape index (κ1) is 17.7. The van der Waals surface area contributed by atoms with Gasteiger partial charge in [0, 0.05) is 11.8 Å². The molecule has 0 unspecified atom stereocenters. The summed E-state index contributed by atoms with van der Waals surface area (Å²) in [7, 11) is 0. The summed E-state index contributed by atoms with van der Waals surface area (Å²) >= 11 is 0. The van der Waals surface area contributed by atoms with Gasteiger partial charge in [-0.15, -0.1) is 0 Å². The van der Waals surface area contributed by atoms with Crippen molar-refractivity contribution in [2.24, 2.45) is 0 Å². The third-order valence-corrected chi connectivity index (χ3v) is 3.75. The number of carbonyl (C=O) groups excluding carboxylic acids is 1. The summed E-state index contributed by atoms with van der Waals surface area (Å²) in [6.45, 7) is 0.550. The number of alkyl halides is 3. The Bertz CT molecular complexity index is 900. The highest BCUT2D eigenvalue weighted by Gasteiger charge is 2.29. The average Bonchev–Trinajstić information content (AvgIpc) is 3.06. The summed E-state index contributed by atoms with van der Waals surface area (Å²) in [5, 5.41) is 6.33. The van der Waals surface area contributed by atoms with E-state index in [0.29, 0.717) is 16.9 Å². The predicted octanol–water partition coefficient (Wildman–Crippen LogP) is 4.14. The summed E-state index contributed by atoms with van der Waals surface area (Å²) < 4.78 is 38.8. The molecule has 1 amide bonds. The number of aryl methyl sites for hydroxylation is 1. The zero-order valence-corrected chi connectivity index (χ0v) is 13.9. The van der Waals surface area contributed by atoms with Gasteiger partial charge in [0.1, 0.15) is 12.2 Å². The molecule has 0 atom stereocenters. The lowest BCUT2D eigenvalue weighted by Gasteiger charge is -2.08. The van der Waals surface area contributed by atoms with Crippen LogP contribution in [0.1, 0.15) is 15.9 Å². The van der Waals surface area contributed by atoms with Crippen molar-refractivity contribution in [1.29, 1.82) is 0 Å². The van der Waals surface area contributed by atoms with Gasteiger partial charge >= 0.3 is 6.18 Å². The molecular weight excluding hydrogens is 343 g/mol. The van der Waals surface area contributed by atoms with Gasteiger partial charge in [0.05, 0.1) is 11.3 Å². The van der Waals surface area contributed by atoms with Gasteiger partial charge in [0.15, 0.2) is 0 Å². The van der Waals surface area contributed by atoms with Gasteiger partial charge in [-0.2, -0.15) is 18.3 Å². The van der Waals surface area contributed by atoms with Gasteiger partial charge in [0.25, 0.3) is 5.91 Å². The molecule has 0 radical (unpaired) electrons. The van der Waals surface area contributed by atoms with E-state index >= 15 is 0 Å². The van der Waals surface area contributed by atoms with Crippen molar-refractivity contribution in [3.8, 4) is 16.9 Å². The lowest BCUT2D eigenvalue weighted by Crippen LogP contribution is -2.33. The molecule has 0 spiro atoms. The second-order valence-electron chi connectivity index (χ2n) is 5.84. The van der Waals surface area contributed by atoms with Crippen molar-refractivity contribution < 1.29 is 18.0 Å². The maximum Gasteiger partial charge on any atom is 0.405 e. The van der Waals surface area contributed by atoms with Crippen molar-refractivity contribution in [3.05, 3.63) is 71.9 Å². The fourth-order valence-electron chi connectivity index (χ4n) is 2.45. The van der Waals surface area contributed by atoms with Crippen LogP contribution >= 0.6 is 0 Å². The van der Waals surface area contributed by atoms with Crippen LogP contribution in [0.15, 0.2) is 60.8 Å². The molecule has 2 aromatic carbocycles. The van der Waals surface area contributed by atoms with Crippen LogP contribution in [-0.4, -0.2) is 28.4 Å². The van der Waals surface area contributed by atoms with Crippen LogP contribution in [0.4, 0.5) is 13.2 Å². The fourth-order valence-corrected chi connectivity index (χ4v) is 2.45. The highest BCUT2D eigenvalue weighted by molar-refractivity contribution is 5.99. The first-order chi connectivity index (χ1) is 12.3. The Hall–Kier alpha value is -3.09. The van der Waals surface area contributed by atoms with Crippen LogP contribution in [-0.2, 0) is 0 Å². The number of amides is 1. The Morgan fingerprint density at radius 1 is 1.08 bits per heavy atom. The van der Waals surface area contributed by atoms with E-state index in [1.165, 1.54) is 10.9 Å². The van der Waals surface area contributed by atoms with E-state index in [9.17, 15) is 18.0 Å². The Labute approximate surface area is 148 Å². The van der Waals surface area contributed by atoms with E-state index in [4.69, 9.17) is 0 Å². The maximum absolute atomic E-state index is 12.4. The molecule has 0 aliphatic heterocycles. The van der Waals surface area contributed by atoms with E-state index in [0.717, 1.165) is 5.56 Å². The topological polar surface area (TPSA) is 46.9 Å². The molecule has 1 heterocycles. The summed E-state index contributed by atoms with van der Waals surface area (Å²) in [5.74, 6) is -0.820. The zero-order valence-electron chi connectivity index (χ0n) is 13.9. The van der Waals surface area contributed by atoms with E-state index < -0.39 is 18.6 Å². The molecular formula is C19H16F3N3O. The Morgan fingerprint density at radius 2 is 1.73 bits per heavy atom. The van der Waals surface area contributed by atoms with Crippen LogP contribution in [0.25, 0.3) is 16.9 Å². The molecule has 0 saturated carbocycles. The largest absolute Gasteiger partial charge is 0.405 e. The molecule has 0 aliphatic carbocycles. The van der Waals surface area contributed by atoms with Crippen LogP contribution in [0.5, 0.6) is 0 Å². The molecule has 1 N–H and O–H groups in total. The van der Waals surface area contributed by atoms with Gasteiger partial charge in [-0.25, -0.2) is 4.68 Å². The summed E-state index contributed by atoms with van der Waals surface area (Å²) in [6.07, 6.45) is -3.03. The third-order valence-electron chi connectivity index (χ3n) is 3.75. The Kier molecular flexibility index (Phi) is 4.79. The number of hydrogen-bond donors (Lipinski definition) is 1. The number of halogens is 3. The van der Waals surface area contributed by atoms with Gasteiger partial charge in [-0.05, 0) is 19.1 Å². The molecule has 0 bridgehead atoms. The first-order valence-electron chi connectivity index (χ1n) is 7.90. The summed E-state index contributed by atoms with van der Waals surface area (Å²) in [4.78, 5) is 12.3. The first-order valence-corrected chi connectivity index (χ1v) is 7.90. The standard InChI is InChI=1S/C19H16F3N3O/c1-13-7-9-15(10-8-13)25-11-16(18(26)23-12-19(20,21)22)17(24-25)14-5-3-2-4-6-14/h2-11H,12H2,1H3,(H,23,26). The van der Waals surface area contributed by atoms with Crippen LogP contribution in [0.2, 0.25) is 0 Å². The van der Waals surface area contributed by atoms with Crippen molar-refractivity contribution >= 4 is 5.91 Å². The molecule has 4 nitrogen and oxygen atoms in total.